The number of carbonyl (C=O) groups is 1. The largest absolute Gasteiger partial charge is 0.481 e. The Kier molecular flexibility index (Phi) is 2.24. The summed E-state index contributed by atoms with van der Waals surface area (Å²) in [4.78, 5) is 26.4. The van der Waals surface area contributed by atoms with Crippen LogP contribution >= 0.6 is 0 Å². The molecule has 6 nitrogen and oxygen atoms in total. The van der Waals surface area contributed by atoms with E-state index in [0.717, 1.165) is 0 Å². The number of allylic oxidation sites excluding steroid dienone is 1. The third-order valence-corrected chi connectivity index (χ3v) is 2.06. The summed E-state index contributed by atoms with van der Waals surface area (Å²) < 4.78 is 0. The zero-order valence-electron chi connectivity index (χ0n) is 7.74. The Morgan fingerprint density at radius 1 is 1.40 bits per heavy atom. The van der Waals surface area contributed by atoms with Crippen LogP contribution in [0.4, 0.5) is 0 Å². The molecule has 0 saturated carbocycles. The third-order valence-electron chi connectivity index (χ3n) is 2.06. The van der Waals surface area contributed by atoms with E-state index >= 15 is 0 Å². The van der Waals surface area contributed by atoms with Crippen molar-refractivity contribution in [1.82, 2.24) is 15.0 Å². The molecule has 1 aliphatic rings. The van der Waals surface area contributed by atoms with Crippen molar-refractivity contribution >= 4 is 12.2 Å². The van der Waals surface area contributed by atoms with Crippen LogP contribution in [0.3, 0.4) is 0 Å². The summed E-state index contributed by atoms with van der Waals surface area (Å²) in [5.74, 6) is -0.594. The van der Waals surface area contributed by atoms with Crippen LogP contribution in [0, 0.1) is 0 Å². The van der Waals surface area contributed by atoms with Crippen LogP contribution in [-0.2, 0) is 10.3 Å². The molecule has 0 saturated heterocycles. The van der Waals surface area contributed by atoms with E-state index in [-0.39, 0.29) is 6.42 Å². The monoisotopic (exact) mass is 204 g/mol. The molecule has 1 N–H and O–H groups in total. The minimum atomic E-state index is -0.964. The molecule has 1 aromatic rings. The van der Waals surface area contributed by atoms with Crippen molar-refractivity contribution in [2.75, 3.05) is 0 Å². The summed E-state index contributed by atoms with van der Waals surface area (Å²) in [5.41, 5.74) is -0.964. The zero-order valence-corrected chi connectivity index (χ0v) is 7.74. The zero-order chi connectivity index (χ0) is 10.7. The second-order valence-corrected chi connectivity index (χ2v) is 3.09. The van der Waals surface area contributed by atoms with Crippen LogP contribution < -0.4 is 0 Å². The van der Waals surface area contributed by atoms with E-state index in [9.17, 15) is 4.79 Å². The van der Waals surface area contributed by atoms with Crippen molar-refractivity contribution in [2.24, 2.45) is 4.99 Å². The number of hydrogen-bond donors (Lipinski definition) is 1. The Labute approximate surface area is 85.4 Å². The molecule has 15 heavy (non-hydrogen) atoms. The van der Waals surface area contributed by atoms with Crippen molar-refractivity contribution in [3.8, 4) is 0 Å². The van der Waals surface area contributed by atoms with E-state index < -0.39 is 11.5 Å². The van der Waals surface area contributed by atoms with Gasteiger partial charge in [-0.05, 0) is 12.2 Å². The first-order valence-electron chi connectivity index (χ1n) is 4.30. The fraction of sp³-hybridized carbons (Fsp3) is 0.222. The van der Waals surface area contributed by atoms with Gasteiger partial charge in [0.15, 0.2) is 5.82 Å². The summed E-state index contributed by atoms with van der Waals surface area (Å²) in [5, 5.41) is 8.82. The van der Waals surface area contributed by atoms with Gasteiger partial charge < -0.3 is 5.11 Å². The van der Waals surface area contributed by atoms with Gasteiger partial charge in [0.05, 0.1) is 6.42 Å². The van der Waals surface area contributed by atoms with E-state index in [1.807, 2.05) is 0 Å². The minimum absolute atomic E-state index is 0.163. The number of carboxylic acid groups (broad SMARTS) is 1. The molecule has 1 aromatic heterocycles. The van der Waals surface area contributed by atoms with Gasteiger partial charge in [-0.1, -0.05) is 0 Å². The Balaban J connectivity index is 2.40. The fourth-order valence-corrected chi connectivity index (χ4v) is 1.43. The summed E-state index contributed by atoms with van der Waals surface area (Å²) in [6, 6.07) is 0. The standard InChI is InChI=1S/C9H8N4O2/c14-7(15)4-9(2-1-3-13-9)8-11-5-10-6-12-8/h1-3,5-6H,4H2,(H,14,15). The Bertz CT molecular complexity index is 415. The summed E-state index contributed by atoms with van der Waals surface area (Å²) in [7, 11) is 0. The number of aliphatic carboxylic acids is 1. The van der Waals surface area contributed by atoms with Crippen molar-refractivity contribution < 1.29 is 9.90 Å². The topological polar surface area (TPSA) is 88.3 Å². The second kappa shape index (κ2) is 3.56. The van der Waals surface area contributed by atoms with Crippen LogP contribution in [0.15, 0.2) is 29.8 Å². The van der Waals surface area contributed by atoms with Crippen LogP contribution in [0.1, 0.15) is 12.2 Å². The molecule has 0 bridgehead atoms. The van der Waals surface area contributed by atoms with Crippen LogP contribution in [0.2, 0.25) is 0 Å². The molecule has 0 radical (unpaired) electrons. The number of nitrogens with zero attached hydrogens (tertiary/aromatic N) is 4. The Hall–Kier alpha value is -2.11. The molecule has 1 atom stereocenters. The maximum Gasteiger partial charge on any atom is 0.306 e. The van der Waals surface area contributed by atoms with Gasteiger partial charge in [-0.2, -0.15) is 0 Å². The number of carboxylic acids is 1. The van der Waals surface area contributed by atoms with E-state index in [4.69, 9.17) is 5.11 Å². The SMILES string of the molecule is O=C(O)CC1(c2ncncn2)C=CC=N1. The second-order valence-electron chi connectivity index (χ2n) is 3.09. The molecule has 2 heterocycles. The number of aliphatic imine (C=N–C) groups is 1. The molecule has 0 amide bonds. The lowest BCUT2D eigenvalue weighted by molar-refractivity contribution is -0.138. The predicted octanol–water partition coefficient (Wildman–Crippen LogP) is 0.182. The Morgan fingerprint density at radius 2 is 2.13 bits per heavy atom. The van der Waals surface area contributed by atoms with Crippen LogP contribution in [-0.4, -0.2) is 32.2 Å². The van der Waals surface area contributed by atoms with Gasteiger partial charge in [-0.25, -0.2) is 15.0 Å². The third kappa shape index (κ3) is 1.74. The molecule has 1 aliphatic heterocycles. The average Bonchev–Trinajstić information content (AvgIpc) is 2.68. The van der Waals surface area contributed by atoms with E-state index in [1.54, 1.807) is 18.4 Å². The van der Waals surface area contributed by atoms with E-state index in [1.165, 1.54) is 12.7 Å². The van der Waals surface area contributed by atoms with Crippen molar-refractivity contribution in [2.45, 2.75) is 12.0 Å². The van der Waals surface area contributed by atoms with Gasteiger partial charge in [-0.15, -0.1) is 0 Å². The highest BCUT2D eigenvalue weighted by molar-refractivity contribution is 5.78. The summed E-state index contributed by atoms with van der Waals surface area (Å²) in [6.07, 6.45) is 7.40. The lowest BCUT2D eigenvalue weighted by Crippen LogP contribution is -2.26. The first kappa shape index (κ1) is 9.45. The molecule has 0 aromatic carbocycles. The smallest absolute Gasteiger partial charge is 0.306 e. The summed E-state index contributed by atoms with van der Waals surface area (Å²) >= 11 is 0. The molecule has 6 heteroatoms. The first-order chi connectivity index (χ1) is 7.23. The molecule has 1 unspecified atom stereocenters. The predicted molar refractivity (Wildman–Crippen MR) is 51.4 cm³/mol. The van der Waals surface area contributed by atoms with Gasteiger partial charge in [-0.3, -0.25) is 9.79 Å². The number of hydrogen-bond acceptors (Lipinski definition) is 5. The van der Waals surface area contributed by atoms with Crippen LogP contribution in [0.25, 0.3) is 0 Å². The van der Waals surface area contributed by atoms with Gasteiger partial charge >= 0.3 is 5.97 Å². The van der Waals surface area contributed by atoms with Crippen molar-refractivity contribution in [3.63, 3.8) is 0 Å². The lowest BCUT2D eigenvalue weighted by atomic mass is 9.96. The molecule has 0 fully saturated rings. The number of rotatable bonds is 3. The fourth-order valence-electron chi connectivity index (χ4n) is 1.43. The van der Waals surface area contributed by atoms with Crippen LogP contribution in [0.5, 0.6) is 0 Å². The Morgan fingerprint density at radius 3 is 2.67 bits per heavy atom. The molecule has 2 rings (SSSR count). The molecule has 0 spiro atoms. The van der Waals surface area contributed by atoms with Gasteiger partial charge in [0.1, 0.15) is 18.2 Å². The van der Waals surface area contributed by atoms with Gasteiger partial charge in [0, 0.05) is 6.21 Å². The first-order valence-corrected chi connectivity index (χ1v) is 4.30. The average molecular weight is 204 g/mol. The summed E-state index contributed by atoms with van der Waals surface area (Å²) in [6.45, 7) is 0. The minimum Gasteiger partial charge on any atom is -0.481 e. The van der Waals surface area contributed by atoms with Crippen molar-refractivity contribution in [3.05, 3.63) is 30.6 Å². The quantitative estimate of drug-likeness (QED) is 0.758. The molecule has 0 aliphatic carbocycles. The molecular formula is C9H8N4O2. The highest BCUT2D eigenvalue weighted by Crippen LogP contribution is 2.30. The van der Waals surface area contributed by atoms with Gasteiger partial charge in [0.25, 0.3) is 0 Å². The highest BCUT2D eigenvalue weighted by Gasteiger charge is 2.35. The van der Waals surface area contributed by atoms with Crippen molar-refractivity contribution in [1.29, 1.82) is 0 Å². The molecular weight excluding hydrogens is 196 g/mol. The van der Waals surface area contributed by atoms with E-state index in [2.05, 4.69) is 19.9 Å². The normalized spacial score (nSPS) is 23.2. The van der Waals surface area contributed by atoms with E-state index in [0.29, 0.717) is 5.82 Å². The highest BCUT2D eigenvalue weighted by atomic mass is 16.4. The number of aromatic nitrogens is 3. The molecule has 76 valence electrons. The maximum absolute atomic E-state index is 10.8. The van der Waals surface area contributed by atoms with Gasteiger partial charge in [0.2, 0.25) is 0 Å². The maximum atomic E-state index is 10.8. The lowest BCUT2D eigenvalue weighted by Gasteiger charge is -2.19.